The van der Waals surface area contributed by atoms with Crippen molar-refractivity contribution in [2.24, 2.45) is 5.92 Å². The first kappa shape index (κ1) is 34.5. The van der Waals surface area contributed by atoms with Crippen molar-refractivity contribution in [3.8, 4) is 5.75 Å². The molecule has 45 heavy (non-hydrogen) atoms. The number of carbonyl (C=O) groups excluding carboxylic acids is 1. The molecule has 0 spiro atoms. The summed E-state index contributed by atoms with van der Waals surface area (Å²) in [6.07, 6.45) is -0.0329. The lowest BCUT2D eigenvalue weighted by molar-refractivity contribution is -0.126. The molecule has 244 valence electrons. The van der Waals surface area contributed by atoms with Gasteiger partial charge in [-0.25, -0.2) is 17.2 Å². The Bertz CT molecular complexity index is 1480. The Kier molecular flexibility index (Phi) is 11.3. The number of sulfonamides is 1. The summed E-state index contributed by atoms with van der Waals surface area (Å²) in [7, 11) is -2.51. The lowest BCUT2D eigenvalue weighted by atomic mass is 9.68. The highest BCUT2D eigenvalue weighted by molar-refractivity contribution is 7.89. The van der Waals surface area contributed by atoms with Crippen LogP contribution in [0.15, 0.2) is 83.9 Å². The molecule has 1 fully saturated rings. The van der Waals surface area contributed by atoms with Crippen LogP contribution in [0.4, 0.5) is 8.78 Å². The summed E-state index contributed by atoms with van der Waals surface area (Å²) in [6, 6.07) is 19.8. The first-order valence-corrected chi connectivity index (χ1v) is 16.7. The summed E-state index contributed by atoms with van der Waals surface area (Å²) in [5.41, 5.74) is 0.549. The molecule has 4 rings (SSSR count). The van der Waals surface area contributed by atoms with Gasteiger partial charge in [0, 0.05) is 49.7 Å². The van der Waals surface area contributed by atoms with Crippen molar-refractivity contribution in [3.63, 3.8) is 0 Å². The lowest BCUT2D eigenvalue weighted by Gasteiger charge is -2.40. The van der Waals surface area contributed by atoms with Crippen molar-refractivity contribution in [1.29, 1.82) is 0 Å². The molecule has 0 radical (unpaired) electrons. The highest BCUT2D eigenvalue weighted by Gasteiger charge is 2.46. The molecular weight excluding hydrogens is 600 g/mol. The number of halogens is 2. The first-order chi connectivity index (χ1) is 21.3. The maximum atomic E-state index is 14.2. The largest absolute Gasteiger partial charge is 0.497 e. The molecule has 1 aliphatic rings. The predicted octanol–water partition coefficient (Wildman–Crippen LogP) is 5.36. The molecule has 1 amide bonds. The Balaban J connectivity index is 1.59. The summed E-state index contributed by atoms with van der Waals surface area (Å²) in [4.78, 5) is 18.2. The zero-order chi connectivity index (χ0) is 32.7. The van der Waals surface area contributed by atoms with E-state index in [1.165, 1.54) is 23.5 Å². The van der Waals surface area contributed by atoms with Crippen LogP contribution in [-0.2, 0) is 26.7 Å². The summed E-state index contributed by atoms with van der Waals surface area (Å²) in [5, 5.41) is 14.5. The number of pyridine rings is 1. The number of nitrogens with one attached hydrogen (secondary N) is 1. The molecule has 2 unspecified atom stereocenters. The van der Waals surface area contributed by atoms with Crippen LogP contribution in [-0.4, -0.2) is 67.0 Å². The third-order valence-corrected chi connectivity index (χ3v) is 10.3. The Morgan fingerprint density at radius 2 is 1.62 bits per heavy atom. The summed E-state index contributed by atoms with van der Waals surface area (Å²) in [6.45, 7) is 3.66. The number of amides is 1. The fraction of sp³-hybridized carbons (Fsp3) is 0.471. The SMILES string of the molecule is COc1ccc(S(=O)(=O)N(CC(C)C)CC(O)C(Cc2ccccc2)NC(=O)CC2(c3ccccn3)CCC(F)(F)CC2)cc1. The highest BCUT2D eigenvalue weighted by atomic mass is 32.2. The standard InChI is InChI=1S/C34H43F2N3O5S/c1-25(2)23-39(45(42,43)28-14-12-27(44-3)13-15-28)24-30(40)29(21-26-9-5-4-6-10-26)38-32(41)22-33(31-11-7-8-20-37-31)16-18-34(35,36)19-17-33/h4-15,20,25,29-30,40H,16-19,21-24H2,1-3H3,(H,38,41). The summed E-state index contributed by atoms with van der Waals surface area (Å²) < 4.78 is 62.3. The Morgan fingerprint density at radius 1 is 0.978 bits per heavy atom. The molecule has 2 atom stereocenters. The number of hydrogen-bond donors (Lipinski definition) is 2. The molecular formula is C34H43F2N3O5S. The zero-order valence-electron chi connectivity index (χ0n) is 26.0. The maximum Gasteiger partial charge on any atom is 0.248 e. The van der Waals surface area contributed by atoms with E-state index in [4.69, 9.17) is 4.74 Å². The van der Waals surface area contributed by atoms with Gasteiger partial charge in [-0.3, -0.25) is 9.78 Å². The van der Waals surface area contributed by atoms with Gasteiger partial charge >= 0.3 is 0 Å². The average Bonchev–Trinajstić information content (AvgIpc) is 3.02. The van der Waals surface area contributed by atoms with Crippen molar-refractivity contribution in [2.45, 2.75) is 80.8 Å². The van der Waals surface area contributed by atoms with Crippen LogP contribution in [0, 0.1) is 5.92 Å². The normalized spacial score (nSPS) is 17.5. The molecule has 11 heteroatoms. The van der Waals surface area contributed by atoms with Crippen molar-refractivity contribution in [1.82, 2.24) is 14.6 Å². The number of aliphatic hydroxyl groups is 1. The molecule has 3 aromatic rings. The van der Waals surface area contributed by atoms with E-state index in [0.29, 0.717) is 11.4 Å². The monoisotopic (exact) mass is 643 g/mol. The van der Waals surface area contributed by atoms with E-state index < -0.39 is 39.4 Å². The molecule has 1 saturated carbocycles. The van der Waals surface area contributed by atoms with Gasteiger partial charge in [0.1, 0.15) is 5.75 Å². The lowest BCUT2D eigenvalue weighted by Crippen LogP contribution is -2.52. The number of nitrogens with zero attached hydrogens (tertiary/aromatic N) is 2. The summed E-state index contributed by atoms with van der Waals surface area (Å²) in [5.74, 6) is -2.75. The van der Waals surface area contributed by atoms with Crippen molar-refractivity contribution >= 4 is 15.9 Å². The Labute approximate surface area is 264 Å². The van der Waals surface area contributed by atoms with Gasteiger partial charge in [-0.1, -0.05) is 50.2 Å². The van der Waals surface area contributed by atoms with E-state index in [1.807, 2.05) is 44.2 Å². The molecule has 0 saturated heterocycles. The minimum atomic E-state index is -4.00. The van der Waals surface area contributed by atoms with Gasteiger partial charge in [0.15, 0.2) is 0 Å². The quantitative estimate of drug-likeness (QED) is 0.245. The van der Waals surface area contributed by atoms with Gasteiger partial charge in [0.2, 0.25) is 21.9 Å². The first-order valence-electron chi connectivity index (χ1n) is 15.3. The number of carbonyl (C=O) groups is 1. The predicted molar refractivity (Wildman–Crippen MR) is 169 cm³/mol. The summed E-state index contributed by atoms with van der Waals surface area (Å²) >= 11 is 0. The molecule has 1 aliphatic carbocycles. The molecule has 1 aromatic heterocycles. The van der Waals surface area contributed by atoms with E-state index in [2.05, 4.69) is 10.3 Å². The van der Waals surface area contributed by atoms with Crippen LogP contribution in [0.2, 0.25) is 0 Å². The van der Waals surface area contributed by atoms with E-state index in [9.17, 15) is 27.1 Å². The Hall–Kier alpha value is -3.41. The number of aromatic nitrogens is 1. The minimum absolute atomic E-state index is 0.0463. The van der Waals surface area contributed by atoms with Crippen LogP contribution in [0.25, 0.3) is 0 Å². The maximum absolute atomic E-state index is 14.2. The number of alkyl halides is 2. The van der Waals surface area contributed by atoms with Gasteiger partial charge in [-0.2, -0.15) is 4.31 Å². The third kappa shape index (κ3) is 9.08. The number of rotatable bonds is 14. The second-order valence-electron chi connectivity index (χ2n) is 12.4. The molecule has 8 nitrogen and oxygen atoms in total. The van der Waals surface area contributed by atoms with E-state index >= 15 is 0 Å². The third-order valence-electron chi connectivity index (χ3n) is 8.41. The number of hydrogen-bond acceptors (Lipinski definition) is 6. The van der Waals surface area contributed by atoms with Gasteiger partial charge in [0.25, 0.3) is 0 Å². The van der Waals surface area contributed by atoms with Crippen LogP contribution >= 0.6 is 0 Å². The van der Waals surface area contributed by atoms with Crippen molar-refractivity contribution < 1.29 is 31.8 Å². The van der Waals surface area contributed by atoms with Gasteiger partial charge in [0.05, 0.1) is 24.2 Å². The van der Waals surface area contributed by atoms with Gasteiger partial charge in [-0.05, 0) is 67.1 Å². The Morgan fingerprint density at radius 3 is 2.20 bits per heavy atom. The second-order valence-corrected chi connectivity index (χ2v) is 14.3. The van der Waals surface area contributed by atoms with E-state index in [-0.39, 0.29) is 62.4 Å². The molecule has 0 bridgehead atoms. The highest BCUT2D eigenvalue weighted by Crippen LogP contribution is 2.46. The number of aliphatic hydroxyl groups excluding tert-OH is 1. The van der Waals surface area contributed by atoms with Crippen molar-refractivity contribution in [2.75, 3.05) is 20.2 Å². The number of ether oxygens (including phenoxy) is 1. The molecule has 2 aromatic carbocycles. The molecule has 1 heterocycles. The second kappa shape index (κ2) is 14.8. The van der Waals surface area contributed by atoms with E-state index in [0.717, 1.165) is 5.56 Å². The zero-order valence-corrected chi connectivity index (χ0v) is 26.8. The fourth-order valence-corrected chi connectivity index (χ4v) is 7.54. The van der Waals surface area contributed by atoms with Gasteiger partial charge < -0.3 is 15.2 Å². The van der Waals surface area contributed by atoms with Gasteiger partial charge in [-0.15, -0.1) is 0 Å². The number of benzene rings is 2. The smallest absolute Gasteiger partial charge is 0.248 e. The average molecular weight is 644 g/mol. The van der Waals surface area contributed by atoms with Crippen LogP contribution in [0.3, 0.4) is 0 Å². The van der Waals surface area contributed by atoms with Crippen LogP contribution in [0.1, 0.15) is 57.2 Å². The van der Waals surface area contributed by atoms with Crippen LogP contribution < -0.4 is 10.1 Å². The van der Waals surface area contributed by atoms with E-state index in [1.54, 1.807) is 36.5 Å². The number of methoxy groups -OCH3 is 1. The van der Waals surface area contributed by atoms with Crippen molar-refractivity contribution in [3.05, 3.63) is 90.3 Å². The molecule has 2 N–H and O–H groups in total. The fourth-order valence-electron chi connectivity index (χ4n) is 5.92. The minimum Gasteiger partial charge on any atom is -0.497 e. The molecule has 0 aliphatic heterocycles. The van der Waals surface area contributed by atoms with Crippen LogP contribution in [0.5, 0.6) is 5.75 Å². The topological polar surface area (TPSA) is 109 Å².